The first kappa shape index (κ1) is 16.5. The number of hydrogen-bond acceptors (Lipinski definition) is 2. The van der Waals surface area contributed by atoms with Crippen molar-refractivity contribution in [2.24, 2.45) is 0 Å². The zero-order chi connectivity index (χ0) is 18.3. The summed E-state index contributed by atoms with van der Waals surface area (Å²) in [6.45, 7) is 2.43. The Kier molecular flexibility index (Phi) is 4.09. The Morgan fingerprint density at radius 1 is 1.15 bits per heavy atom. The van der Waals surface area contributed by atoms with E-state index in [4.69, 9.17) is 11.6 Å². The van der Waals surface area contributed by atoms with Crippen LogP contribution in [0.1, 0.15) is 6.92 Å². The van der Waals surface area contributed by atoms with Crippen LogP contribution in [0.3, 0.4) is 0 Å². The normalized spacial score (nSPS) is 11.2. The van der Waals surface area contributed by atoms with Crippen LogP contribution in [0.4, 0.5) is 4.39 Å². The molecule has 4 rings (SSSR count). The molecule has 26 heavy (non-hydrogen) atoms. The number of benzene rings is 2. The zero-order valence-electron chi connectivity index (χ0n) is 14.0. The van der Waals surface area contributed by atoms with Crippen LogP contribution in [0.5, 0.6) is 0 Å². The number of hydrogen-bond donors (Lipinski definition) is 0. The number of rotatable bonds is 3. The van der Waals surface area contributed by atoms with Crippen molar-refractivity contribution in [1.29, 1.82) is 0 Å². The molecule has 2 aromatic heterocycles. The van der Waals surface area contributed by atoms with Gasteiger partial charge in [0.05, 0.1) is 16.7 Å². The van der Waals surface area contributed by atoms with Crippen molar-refractivity contribution in [3.63, 3.8) is 0 Å². The second kappa shape index (κ2) is 6.42. The number of aromatic nitrogens is 3. The van der Waals surface area contributed by atoms with E-state index in [2.05, 4.69) is 4.98 Å². The van der Waals surface area contributed by atoms with Gasteiger partial charge in [-0.15, -0.1) is 0 Å². The van der Waals surface area contributed by atoms with Gasteiger partial charge in [-0.25, -0.2) is 9.37 Å². The van der Waals surface area contributed by atoms with E-state index in [1.54, 1.807) is 15.2 Å². The molecular formula is C20H15ClFN3O. The fourth-order valence-electron chi connectivity index (χ4n) is 3.05. The van der Waals surface area contributed by atoms with E-state index in [1.165, 1.54) is 18.5 Å². The predicted octanol–water partition coefficient (Wildman–Crippen LogP) is 4.67. The van der Waals surface area contributed by atoms with Crippen molar-refractivity contribution in [3.05, 3.63) is 82.2 Å². The Balaban J connectivity index is 2.08. The van der Waals surface area contributed by atoms with E-state index in [0.717, 1.165) is 11.1 Å². The minimum Gasteiger partial charge on any atom is -0.300 e. The van der Waals surface area contributed by atoms with Gasteiger partial charge in [-0.3, -0.25) is 9.36 Å². The summed E-state index contributed by atoms with van der Waals surface area (Å²) >= 11 is 5.94. The zero-order valence-corrected chi connectivity index (χ0v) is 14.7. The van der Waals surface area contributed by atoms with Crippen LogP contribution >= 0.6 is 11.6 Å². The largest absolute Gasteiger partial charge is 0.300 e. The average Bonchev–Trinajstić information content (AvgIpc) is 3.05. The van der Waals surface area contributed by atoms with Crippen LogP contribution in [0.25, 0.3) is 27.8 Å². The molecule has 0 saturated carbocycles. The van der Waals surface area contributed by atoms with E-state index in [-0.39, 0.29) is 10.6 Å². The molecule has 4 nitrogen and oxygen atoms in total. The molecule has 6 heteroatoms. The maximum atomic E-state index is 13.6. The van der Waals surface area contributed by atoms with Crippen molar-refractivity contribution >= 4 is 22.6 Å². The second-order valence-corrected chi connectivity index (χ2v) is 6.32. The summed E-state index contributed by atoms with van der Waals surface area (Å²) in [5.41, 5.74) is 2.74. The highest BCUT2D eigenvalue weighted by Gasteiger charge is 2.17. The Bertz CT molecular complexity index is 1170. The van der Waals surface area contributed by atoms with Gasteiger partial charge in [0.15, 0.2) is 5.65 Å². The van der Waals surface area contributed by atoms with Gasteiger partial charge in [0.2, 0.25) is 0 Å². The molecule has 2 heterocycles. The number of aryl methyl sites for hydroxylation is 1. The molecule has 0 N–H and O–H groups in total. The second-order valence-electron chi connectivity index (χ2n) is 5.91. The van der Waals surface area contributed by atoms with Crippen molar-refractivity contribution in [2.75, 3.05) is 0 Å². The Morgan fingerprint density at radius 2 is 1.92 bits per heavy atom. The smallest absolute Gasteiger partial charge is 0.263 e. The molecule has 0 bridgehead atoms. The van der Waals surface area contributed by atoms with Gasteiger partial charge >= 0.3 is 0 Å². The highest BCUT2D eigenvalue weighted by molar-refractivity contribution is 6.30. The van der Waals surface area contributed by atoms with Gasteiger partial charge in [0.25, 0.3) is 5.56 Å². The van der Waals surface area contributed by atoms with Gasteiger partial charge in [-0.05, 0) is 30.7 Å². The molecule has 0 saturated heterocycles. The standard InChI is InChI=1S/C20H15ClFN3O/c1-2-24-12-23-19-18(20(24)26)15(13-6-4-3-5-7-13)11-25(19)14-8-9-17(22)16(21)10-14/h3-12H,2H2,1H3. The third-order valence-corrected chi connectivity index (χ3v) is 4.67. The molecule has 0 radical (unpaired) electrons. The molecule has 4 aromatic rings. The molecule has 0 aliphatic rings. The Morgan fingerprint density at radius 3 is 2.62 bits per heavy atom. The van der Waals surface area contributed by atoms with Gasteiger partial charge in [-0.1, -0.05) is 41.9 Å². The molecule has 0 unspecified atom stereocenters. The van der Waals surface area contributed by atoms with Gasteiger partial charge in [0, 0.05) is 24.0 Å². The van der Waals surface area contributed by atoms with E-state index in [9.17, 15) is 9.18 Å². The van der Waals surface area contributed by atoms with Gasteiger partial charge < -0.3 is 4.57 Å². The summed E-state index contributed by atoms with van der Waals surface area (Å²) in [4.78, 5) is 17.4. The Hall–Kier alpha value is -2.92. The first-order chi connectivity index (χ1) is 12.6. The minimum atomic E-state index is -0.489. The van der Waals surface area contributed by atoms with Crippen molar-refractivity contribution < 1.29 is 4.39 Å². The number of nitrogens with zero attached hydrogens (tertiary/aromatic N) is 3. The molecule has 0 aliphatic carbocycles. The quantitative estimate of drug-likeness (QED) is 0.528. The van der Waals surface area contributed by atoms with Gasteiger partial charge in [-0.2, -0.15) is 0 Å². The summed E-state index contributed by atoms with van der Waals surface area (Å²) in [6, 6.07) is 14.1. The summed E-state index contributed by atoms with van der Waals surface area (Å²) < 4.78 is 16.9. The summed E-state index contributed by atoms with van der Waals surface area (Å²) in [5.74, 6) is -0.489. The monoisotopic (exact) mass is 367 g/mol. The fraction of sp³-hybridized carbons (Fsp3) is 0.100. The van der Waals surface area contributed by atoms with Crippen molar-refractivity contribution in [3.8, 4) is 16.8 Å². The van der Waals surface area contributed by atoms with Crippen LogP contribution in [0.2, 0.25) is 5.02 Å². The predicted molar refractivity (Wildman–Crippen MR) is 101 cm³/mol. The summed E-state index contributed by atoms with van der Waals surface area (Å²) in [6.07, 6.45) is 3.37. The molecule has 0 atom stereocenters. The maximum Gasteiger partial charge on any atom is 0.263 e. The molecule has 0 amide bonds. The lowest BCUT2D eigenvalue weighted by atomic mass is 10.1. The molecule has 0 aliphatic heterocycles. The van der Waals surface area contributed by atoms with E-state index >= 15 is 0 Å². The molecule has 2 aromatic carbocycles. The first-order valence-corrected chi connectivity index (χ1v) is 8.59. The lowest BCUT2D eigenvalue weighted by Gasteiger charge is -2.06. The fourth-order valence-corrected chi connectivity index (χ4v) is 3.22. The molecular weight excluding hydrogens is 353 g/mol. The molecule has 0 fully saturated rings. The van der Waals surface area contributed by atoms with Crippen LogP contribution in [-0.4, -0.2) is 14.1 Å². The lowest BCUT2D eigenvalue weighted by Crippen LogP contribution is -2.19. The van der Waals surface area contributed by atoms with Crippen molar-refractivity contribution in [2.45, 2.75) is 13.5 Å². The third-order valence-electron chi connectivity index (χ3n) is 4.38. The number of fused-ring (bicyclic) bond motifs is 1. The SMILES string of the molecule is CCn1cnc2c(c(-c3ccccc3)cn2-c2ccc(F)c(Cl)c2)c1=O. The van der Waals surface area contributed by atoms with Gasteiger partial charge in [0.1, 0.15) is 5.82 Å². The average molecular weight is 368 g/mol. The van der Waals surface area contributed by atoms with E-state index < -0.39 is 5.82 Å². The van der Waals surface area contributed by atoms with E-state index in [1.807, 2.05) is 43.5 Å². The van der Waals surface area contributed by atoms with Crippen LogP contribution in [-0.2, 0) is 6.54 Å². The van der Waals surface area contributed by atoms with Crippen LogP contribution in [0.15, 0.2) is 65.8 Å². The highest BCUT2D eigenvalue weighted by atomic mass is 35.5. The van der Waals surface area contributed by atoms with Crippen LogP contribution in [0, 0.1) is 5.82 Å². The van der Waals surface area contributed by atoms with E-state index in [0.29, 0.717) is 23.3 Å². The van der Waals surface area contributed by atoms with Crippen molar-refractivity contribution in [1.82, 2.24) is 14.1 Å². The highest BCUT2D eigenvalue weighted by Crippen LogP contribution is 2.30. The Labute approximate surface area is 154 Å². The third kappa shape index (κ3) is 2.61. The first-order valence-electron chi connectivity index (χ1n) is 8.21. The summed E-state index contributed by atoms with van der Waals surface area (Å²) in [7, 11) is 0. The minimum absolute atomic E-state index is 0.0208. The topological polar surface area (TPSA) is 39.8 Å². The van der Waals surface area contributed by atoms with Crippen LogP contribution < -0.4 is 5.56 Å². The molecule has 0 spiro atoms. The lowest BCUT2D eigenvalue weighted by molar-refractivity contribution is 0.628. The number of halogens is 2. The summed E-state index contributed by atoms with van der Waals surface area (Å²) in [5, 5.41) is 0.550. The maximum absolute atomic E-state index is 13.6. The molecule has 130 valence electrons.